The molecule has 0 saturated carbocycles. The van der Waals surface area contributed by atoms with Gasteiger partial charge in [-0.2, -0.15) is 0 Å². The first kappa shape index (κ1) is 9.69. The van der Waals surface area contributed by atoms with Gasteiger partial charge < -0.3 is 4.74 Å². The van der Waals surface area contributed by atoms with Gasteiger partial charge in [0, 0.05) is 26.7 Å². The minimum absolute atomic E-state index is 0.443. The summed E-state index contributed by atoms with van der Waals surface area (Å²) in [6.45, 7) is 3.29. The Hall–Kier alpha value is -0.860. The first-order chi connectivity index (χ1) is 6.88. The van der Waals surface area contributed by atoms with Crippen LogP contribution >= 0.6 is 0 Å². The molecule has 1 heterocycles. The van der Waals surface area contributed by atoms with Crippen molar-refractivity contribution in [2.24, 2.45) is 0 Å². The minimum atomic E-state index is 0.443. The summed E-state index contributed by atoms with van der Waals surface area (Å²) >= 11 is 0. The summed E-state index contributed by atoms with van der Waals surface area (Å²) in [5, 5.41) is 0. The third kappa shape index (κ3) is 2.34. The van der Waals surface area contributed by atoms with Crippen molar-refractivity contribution in [1.82, 2.24) is 4.90 Å². The highest BCUT2D eigenvalue weighted by Crippen LogP contribution is 2.14. The van der Waals surface area contributed by atoms with E-state index in [9.17, 15) is 0 Å². The van der Waals surface area contributed by atoms with Gasteiger partial charge in [0.15, 0.2) is 0 Å². The molecule has 0 radical (unpaired) electrons. The van der Waals surface area contributed by atoms with Gasteiger partial charge in [-0.15, -0.1) is 0 Å². The molecule has 0 unspecified atom stereocenters. The summed E-state index contributed by atoms with van der Waals surface area (Å²) < 4.78 is 5.34. The molecule has 76 valence electrons. The Morgan fingerprint density at radius 1 is 1.36 bits per heavy atom. The van der Waals surface area contributed by atoms with E-state index in [1.165, 1.54) is 12.0 Å². The SMILES string of the molecule is CO[C@H]1CCN(Cc2ccccc2)C1. The Labute approximate surface area is 85.5 Å². The fourth-order valence-electron chi connectivity index (χ4n) is 1.97. The highest BCUT2D eigenvalue weighted by molar-refractivity contribution is 5.14. The third-order valence-corrected chi connectivity index (χ3v) is 2.81. The van der Waals surface area contributed by atoms with Crippen molar-refractivity contribution in [3.63, 3.8) is 0 Å². The molecule has 0 N–H and O–H groups in total. The van der Waals surface area contributed by atoms with Crippen LogP contribution in [0.2, 0.25) is 0 Å². The molecule has 2 rings (SSSR count). The van der Waals surface area contributed by atoms with Crippen molar-refractivity contribution < 1.29 is 4.74 Å². The van der Waals surface area contributed by atoms with Crippen LogP contribution in [-0.4, -0.2) is 31.2 Å². The summed E-state index contributed by atoms with van der Waals surface area (Å²) in [5.74, 6) is 0. The van der Waals surface area contributed by atoms with Crippen molar-refractivity contribution in [3.05, 3.63) is 35.9 Å². The molecule has 1 aromatic rings. The molecule has 0 aliphatic carbocycles. The van der Waals surface area contributed by atoms with E-state index >= 15 is 0 Å². The van der Waals surface area contributed by atoms with E-state index in [2.05, 4.69) is 35.2 Å². The van der Waals surface area contributed by atoms with Gasteiger partial charge in [-0.1, -0.05) is 30.3 Å². The number of methoxy groups -OCH3 is 1. The number of hydrogen-bond donors (Lipinski definition) is 0. The third-order valence-electron chi connectivity index (χ3n) is 2.81. The van der Waals surface area contributed by atoms with Crippen LogP contribution in [0, 0.1) is 0 Å². The van der Waals surface area contributed by atoms with Crippen LogP contribution in [0.3, 0.4) is 0 Å². The lowest BCUT2D eigenvalue weighted by molar-refractivity contribution is 0.107. The van der Waals surface area contributed by atoms with Crippen LogP contribution in [0.4, 0.5) is 0 Å². The predicted molar refractivity (Wildman–Crippen MR) is 57.1 cm³/mol. The zero-order chi connectivity index (χ0) is 9.80. The van der Waals surface area contributed by atoms with Gasteiger partial charge >= 0.3 is 0 Å². The van der Waals surface area contributed by atoms with E-state index in [-0.39, 0.29) is 0 Å². The average molecular weight is 191 g/mol. The first-order valence-corrected chi connectivity index (χ1v) is 5.17. The molecule has 1 saturated heterocycles. The molecule has 1 aliphatic heterocycles. The van der Waals surface area contributed by atoms with Gasteiger partial charge in [0.1, 0.15) is 0 Å². The summed E-state index contributed by atoms with van der Waals surface area (Å²) in [4.78, 5) is 2.45. The number of rotatable bonds is 3. The molecule has 1 fully saturated rings. The molecule has 2 heteroatoms. The lowest BCUT2D eigenvalue weighted by Crippen LogP contribution is -2.22. The van der Waals surface area contributed by atoms with Gasteiger partial charge in [0.05, 0.1) is 6.10 Å². The Morgan fingerprint density at radius 2 is 2.14 bits per heavy atom. The Kier molecular flexibility index (Phi) is 3.17. The molecule has 1 aliphatic rings. The van der Waals surface area contributed by atoms with Crippen LogP contribution in [0.1, 0.15) is 12.0 Å². The minimum Gasteiger partial charge on any atom is -0.380 e. The largest absolute Gasteiger partial charge is 0.380 e. The summed E-state index contributed by atoms with van der Waals surface area (Å²) in [6.07, 6.45) is 1.61. The lowest BCUT2D eigenvalue weighted by Gasteiger charge is -2.15. The summed E-state index contributed by atoms with van der Waals surface area (Å²) in [6, 6.07) is 10.6. The number of likely N-dealkylation sites (tertiary alicyclic amines) is 1. The van der Waals surface area contributed by atoms with Gasteiger partial charge in [-0.25, -0.2) is 0 Å². The number of hydrogen-bond acceptors (Lipinski definition) is 2. The normalized spacial score (nSPS) is 22.8. The molecular weight excluding hydrogens is 174 g/mol. The number of benzene rings is 1. The number of nitrogens with zero attached hydrogens (tertiary/aromatic N) is 1. The Morgan fingerprint density at radius 3 is 2.79 bits per heavy atom. The zero-order valence-corrected chi connectivity index (χ0v) is 8.65. The van der Waals surface area contributed by atoms with E-state index in [1.54, 1.807) is 7.11 Å². The van der Waals surface area contributed by atoms with E-state index in [0.717, 1.165) is 19.6 Å². The molecule has 0 aromatic heterocycles. The zero-order valence-electron chi connectivity index (χ0n) is 8.65. The second-order valence-corrected chi connectivity index (χ2v) is 3.87. The quantitative estimate of drug-likeness (QED) is 0.723. The molecule has 14 heavy (non-hydrogen) atoms. The monoisotopic (exact) mass is 191 g/mol. The van der Waals surface area contributed by atoms with Crippen molar-refractivity contribution in [3.8, 4) is 0 Å². The van der Waals surface area contributed by atoms with Gasteiger partial charge in [-0.05, 0) is 12.0 Å². The molecule has 0 amide bonds. The second-order valence-electron chi connectivity index (χ2n) is 3.87. The van der Waals surface area contributed by atoms with Crippen LogP contribution in [0.25, 0.3) is 0 Å². The highest BCUT2D eigenvalue weighted by atomic mass is 16.5. The molecule has 0 spiro atoms. The van der Waals surface area contributed by atoms with Crippen molar-refractivity contribution in [2.75, 3.05) is 20.2 Å². The second kappa shape index (κ2) is 4.58. The maximum absolute atomic E-state index is 5.34. The number of ether oxygens (including phenoxy) is 1. The fourth-order valence-corrected chi connectivity index (χ4v) is 1.97. The van der Waals surface area contributed by atoms with Crippen LogP contribution in [0.15, 0.2) is 30.3 Å². The molecule has 0 bridgehead atoms. The van der Waals surface area contributed by atoms with Crippen LogP contribution in [0.5, 0.6) is 0 Å². The Balaban J connectivity index is 1.88. The van der Waals surface area contributed by atoms with Crippen molar-refractivity contribution in [2.45, 2.75) is 19.1 Å². The van der Waals surface area contributed by atoms with Crippen LogP contribution in [-0.2, 0) is 11.3 Å². The smallest absolute Gasteiger partial charge is 0.0710 e. The van der Waals surface area contributed by atoms with E-state index in [1.807, 2.05) is 0 Å². The average Bonchev–Trinajstić information content (AvgIpc) is 2.67. The van der Waals surface area contributed by atoms with E-state index in [4.69, 9.17) is 4.74 Å². The topological polar surface area (TPSA) is 12.5 Å². The maximum Gasteiger partial charge on any atom is 0.0710 e. The van der Waals surface area contributed by atoms with E-state index < -0.39 is 0 Å². The predicted octanol–water partition coefficient (Wildman–Crippen LogP) is 1.91. The molecule has 1 aromatic carbocycles. The molecule has 1 atom stereocenters. The van der Waals surface area contributed by atoms with Crippen LogP contribution < -0.4 is 0 Å². The van der Waals surface area contributed by atoms with Gasteiger partial charge in [0.25, 0.3) is 0 Å². The first-order valence-electron chi connectivity index (χ1n) is 5.17. The standard InChI is InChI=1S/C12H17NO/c1-14-12-7-8-13(10-12)9-11-5-3-2-4-6-11/h2-6,12H,7-10H2,1H3/t12-/m0/s1. The molecular formula is C12H17NO. The van der Waals surface area contributed by atoms with Gasteiger partial charge in [0.2, 0.25) is 0 Å². The maximum atomic E-state index is 5.34. The summed E-state index contributed by atoms with van der Waals surface area (Å²) in [7, 11) is 1.80. The van der Waals surface area contributed by atoms with Gasteiger partial charge in [-0.3, -0.25) is 4.90 Å². The Bertz CT molecular complexity index is 273. The fraction of sp³-hybridized carbons (Fsp3) is 0.500. The van der Waals surface area contributed by atoms with Crippen molar-refractivity contribution in [1.29, 1.82) is 0 Å². The summed E-state index contributed by atoms with van der Waals surface area (Å²) in [5.41, 5.74) is 1.39. The van der Waals surface area contributed by atoms with E-state index in [0.29, 0.717) is 6.10 Å². The highest BCUT2D eigenvalue weighted by Gasteiger charge is 2.21. The molecule has 2 nitrogen and oxygen atoms in total. The van der Waals surface area contributed by atoms with Crippen molar-refractivity contribution >= 4 is 0 Å². The lowest BCUT2D eigenvalue weighted by atomic mass is 10.2.